The molecule has 1 aliphatic rings. The molecule has 1 rings (SSSR count). The van der Waals surface area contributed by atoms with Crippen molar-refractivity contribution >= 4 is 5.91 Å². The lowest BCUT2D eigenvalue weighted by Crippen LogP contribution is -2.31. The van der Waals surface area contributed by atoms with Crippen molar-refractivity contribution in [2.45, 2.75) is 52.4 Å². The Balaban J connectivity index is 2.17. The lowest BCUT2D eigenvalue weighted by Gasteiger charge is -2.17. The topological polar surface area (TPSA) is 55.1 Å². The summed E-state index contributed by atoms with van der Waals surface area (Å²) in [7, 11) is 0. The van der Waals surface area contributed by atoms with Gasteiger partial charge < -0.3 is 11.1 Å². The van der Waals surface area contributed by atoms with Crippen LogP contribution in [-0.2, 0) is 4.79 Å². The Morgan fingerprint density at radius 1 is 1.35 bits per heavy atom. The Bertz CT molecular complexity index is 222. The molecule has 1 aliphatic carbocycles. The summed E-state index contributed by atoms with van der Waals surface area (Å²) in [6.45, 7) is 5.85. The van der Waals surface area contributed by atoms with Gasteiger partial charge in [-0.2, -0.15) is 0 Å². The molecule has 0 spiro atoms. The molecule has 0 aromatic carbocycles. The van der Waals surface area contributed by atoms with E-state index in [1.807, 2.05) is 0 Å². The van der Waals surface area contributed by atoms with Gasteiger partial charge >= 0.3 is 0 Å². The highest BCUT2D eigenvalue weighted by Crippen LogP contribution is 2.23. The SMILES string of the molecule is CC(C)CC(CN)CC(=O)NCC1CCCC1. The van der Waals surface area contributed by atoms with E-state index in [0.717, 1.165) is 18.9 Å². The molecule has 0 aromatic heterocycles. The molecule has 0 aliphatic heterocycles. The van der Waals surface area contributed by atoms with Gasteiger partial charge in [0.05, 0.1) is 0 Å². The smallest absolute Gasteiger partial charge is 0.220 e. The minimum Gasteiger partial charge on any atom is -0.356 e. The van der Waals surface area contributed by atoms with Gasteiger partial charge in [0.2, 0.25) is 5.91 Å². The predicted molar refractivity (Wildman–Crippen MR) is 71.6 cm³/mol. The van der Waals surface area contributed by atoms with E-state index in [2.05, 4.69) is 19.2 Å². The molecular formula is C14H28N2O. The van der Waals surface area contributed by atoms with Crippen molar-refractivity contribution < 1.29 is 4.79 Å². The van der Waals surface area contributed by atoms with Gasteiger partial charge in [-0.05, 0) is 43.6 Å². The van der Waals surface area contributed by atoms with Crippen LogP contribution in [0.5, 0.6) is 0 Å². The number of carbonyl (C=O) groups excluding carboxylic acids is 1. The van der Waals surface area contributed by atoms with Crippen LogP contribution in [0.25, 0.3) is 0 Å². The average Bonchev–Trinajstić information content (AvgIpc) is 2.77. The number of rotatable bonds is 7. The fraction of sp³-hybridized carbons (Fsp3) is 0.929. The molecule has 1 unspecified atom stereocenters. The lowest BCUT2D eigenvalue weighted by molar-refractivity contribution is -0.122. The normalized spacial score (nSPS) is 18.6. The van der Waals surface area contributed by atoms with Crippen molar-refractivity contribution in [2.24, 2.45) is 23.5 Å². The van der Waals surface area contributed by atoms with E-state index in [1.165, 1.54) is 25.7 Å². The first-order valence-corrected chi connectivity index (χ1v) is 7.08. The summed E-state index contributed by atoms with van der Waals surface area (Å²) in [6, 6.07) is 0. The first-order valence-electron chi connectivity index (χ1n) is 7.08. The van der Waals surface area contributed by atoms with Crippen LogP contribution in [-0.4, -0.2) is 19.0 Å². The number of nitrogens with two attached hydrogens (primary N) is 1. The minimum atomic E-state index is 0.188. The van der Waals surface area contributed by atoms with Crippen molar-refractivity contribution in [1.82, 2.24) is 5.32 Å². The lowest BCUT2D eigenvalue weighted by atomic mass is 9.94. The van der Waals surface area contributed by atoms with Gasteiger partial charge in [-0.1, -0.05) is 26.7 Å². The van der Waals surface area contributed by atoms with Gasteiger partial charge in [-0.3, -0.25) is 4.79 Å². The maximum absolute atomic E-state index is 11.8. The third-order valence-electron chi connectivity index (χ3n) is 3.67. The predicted octanol–water partition coefficient (Wildman–Crippen LogP) is 2.30. The van der Waals surface area contributed by atoms with Crippen LogP contribution in [0.4, 0.5) is 0 Å². The molecule has 0 saturated heterocycles. The van der Waals surface area contributed by atoms with Crippen molar-refractivity contribution in [1.29, 1.82) is 0 Å². The summed E-state index contributed by atoms with van der Waals surface area (Å²) in [5.41, 5.74) is 5.71. The fourth-order valence-electron chi connectivity index (χ4n) is 2.74. The number of hydrogen-bond acceptors (Lipinski definition) is 2. The van der Waals surface area contributed by atoms with Crippen LogP contribution >= 0.6 is 0 Å². The molecule has 3 nitrogen and oxygen atoms in total. The van der Waals surface area contributed by atoms with Gasteiger partial charge in [-0.25, -0.2) is 0 Å². The number of hydrogen-bond donors (Lipinski definition) is 2. The first-order chi connectivity index (χ1) is 8.11. The second-order valence-electron chi connectivity index (χ2n) is 5.89. The van der Waals surface area contributed by atoms with E-state index in [4.69, 9.17) is 5.73 Å². The van der Waals surface area contributed by atoms with E-state index in [-0.39, 0.29) is 5.91 Å². The van der Waals surface area contributed by atoms with Crippen LogP contribution in [0.1, 0.15) is 52.4 Å². The molecule has 0 aromatic rings. The molecule has 3 N–H and O–H groups in total. The van der Waals surface area contributed by atoms with E-state index >= 15 is 0 Å². The molecule has 0 heterocycles. The standard InChI is InChI=1S/C14H28N2O/c1-11(2)7-13(9-15)8-14(17)16-10-12-5-3-4-6-12/h11-13H,3-10,15H2,1-2H3,(H,16,17). The Morgan fingerprint density at radius 2 is 2.00 bits per heavy atom. The Hall–Kier alpha value is -0.570. The second-order valence-corrected chi connectivity index (χ2v) is 5.89. The number of carbonyl (C=O) groups is 1. The molecule has 1 fully saturated rings. The zero-order valence-electron chi connectivity index (χ0n) is 11.4. The Kier molecular flexibility index (Phi) is 6.56. The van der Waals surface area contributed by atoms with Crippen molar-refractivity contribution in [3.63, 3.8) is 0 Å². The van der Waals surface area contributed by atoms with Crippen LogP contribution in [0.2, 0.25) is 0 Å². The summed E-state index contributed by atoms with van der Waals surface area (Å²) in [5, 5.41) is 3.07. The summed E-state index contributed by atoms with van der Waals surface area (Å²) in [4.78, 5) is 11.8. The first kappa shape index (κ1) is 14.5. The van der Waals surface area contributed by atoms with E-state index in [9.17, 15) is 4.79 Å². The molecule has 100 valence electrons. The zero-order chi connectivity index (χ0) is 12.7. The monoisotopic (exact) mass is 240 g/mol. The molecule has 1 atom stereocenters. The van der Waals surface area contributed by atoms with Crippen molar-refractivity contribution in [3.05, 3.63) is 0 Å². The molecule has 0 bridgehead atoms. The highest BCUT2D eigenvalue weighted by Gasteiger charge is 2.17. The van der Waals surface area contributed by atoms with Gasteiger partial charge in [0.1, 0.15) is 0 Å². The average molecular weight is 240 g/mol. The highest BCUT2D eigenvalue weighted by molar-refractivity contribution is 5.76. The Morgan fingerprint density at radius 3 is 2.53 bits per heavy atom. The highest BCUT2D eigenvalue weighted by atomic mass is 16.1. The zero-order valence-corrected chi connectivity index (χ0v) is 11.4. The van der Waals surface area contributed by atoms with Gasteiger partial charge in [0.15, 0.2) is 0 Å². The quantitative estimate of drug-likeness (QED) is 0.717. The summed E-state index contributed by atoms with van der Waals surface area (Å²) >= 11 is 0. The number of amides is 1. The third kappa shape index (κ3) is 6.06. The van der Waals surface area contributed by atoms with Crippen LogP contribution in [0.3, 0.4) is 0 Å². The Labute approximate surface area is 106 Å². The molecular weight excluding hydrogens is 212 g/mol. The maximum atomic E-state index is 11.8. The summed E-state index contributed by atoms with van der Waals surface area (Å²) in [6.07, 6.45) is 6.88. The third-order valence-corrected chi connectivity index (χ3v) is 3.67. The van der Waals surface area contributed by atoms with Gasteiger partial charge in [-0.15, -0.1) is 0 Å². The van der Waals surface area contributed by atoms with Crippen molar-refractivity contribution in [3.8, 4) is 0 Å². The molecule has 1 amide bonds. The second kappa shape index (κ2) is 7.70. The van der Waals surface area contributed by atoms with Crippen LogP contribution < -0.4 is 11.1 Å². The van der Waals surface area contributed by atoms with Crippen molar-refractivity contribution in [2.75, 3.05) is 13.1 Å². The fourth-order valence-corrected chi connectivity index (χ4v) is 2.74. The maximum Gasteiger partial charge on any atom is 0.220 e. The largest absolute Gasteiger partial charge is 0.356 e. The summed E-state index contributed by atoms with van der Waals surface area (Å²) < 4.78 is 0. The molecule has 3 heteroatoms. The molecule has 0 radical (unpaired) electrons. The molecule has 1 saturated carbocycles. The minimum absolute atomic E-state index is 0.188. The van der Waals surface area contributed by atoms with E-state index in [1.54, 1.807) is 0 Å². The number of nitrogens with one attached hydrogen (secondary N) is 1. The van der Waals surface area contributed by atoms with E-state index < -0.39 is 0 Å². The molecule has 17 heavy (non-hydrogen) atoms. The van der Waals surface area contributed by atoms with E-state index in [0.29, 0.717) is 24.8 Å². The van der Waals surface area contributed by atoms with Crippen LogP contribution in [0, 0.1) is 17.8 Å². The summed E-state index contributed by atoms with van der Waals surface area (Å²) in [5.74, 6) is 1.87. The van der Waals surface area contributed by atoms with Gasteiger partial charge in [0.25, 0.3) is 0 Å². The van der Waals surface area contributed by atoms with Crippen LogP contribution in [0.15, 0.2) is 0 Å². The van der Waals surface area contributed by atoms with Gasteiger partial charge in [0, 0.05) is 13.0 Å².